The van der Waals surface area contributed by atoms with Gasteiger partial charge in [-0.3, -0.25) is 10.3 Å². The Balaban J connectivity index is 2.05. The largest absolute Gasteiger partial charge is 0.300 e. The molecule has 10 heteroatoms. The minimum absolute atomic E-state index is 0.00827. The summed E-state index contributed by atoms with van der Waals surface area (Å²) >= 11 is 19.2. The van der Waals surface area contributed by atoms with Crippen LogP contribution in [0.5, 0.6) is 0 Å². The molecule has 3 rings (SSSR count). The fraction of sp³-hybridized carbons (Fsp3) is 0.154. The van der Waals surface area contributed by atoms with Crippen LogP contribution in [0.25, 0.3) is 11.5 Å². The van der Waals surface area contributed by atoms with Gasteiger partial charge in [0.25, 0.3) is 0 Å². The van der Waals surface area contributed by atoms with E-state index in [4.69, 9.17) is 34.8 Å². The molecule has 0 aliphatic carbocycles. The van der Waals surface area contributed by atoms with Crippen molar-refractivity contribution in [2.24, 2.45) is 0 Å². The zero-order valence-electron chi connectivity index (χ0n) is 11.7. The van der Waals surface area contributed by atoms with Crippen molar-refractivity contribution in [3.05, 3.63) is 41.3 Å². The highest BCUT2D eigenvalue weighted by atomic mass is 35.6. The van der Waals surface area contributed by atoms with Gasteiger partial charge in [0, 0.05) is 11.6 Å². The van der Waals surface area contributed by atoms with Gasteiger partial charge in [-0.2, -0.15) is 9.97 Å². The summed E-state index contributed by atoms with van der Waals surface area (Å²) in [6.45, 7) is 1.89. The highest BCUT2D eigenvalue weighted by molar-refractivity contribution is 7.13. The Hall–Kier alpha value is -1.54. The number of alkyl halides is 3. The summed E-state index contributed by atoms with van der Waals surface area (Å²) in [5.41, 5.74) is 1.43. The van der Waals surface area contributed by atoms with Crippen molar-refractivity contribution in [2.45, 2.75) is 10.7 Å². The summed E-state index contributed by atoms with van der Waals surface area (Å²) in [6, 6.07) is 5.37. The molecule has 0 atom stereocenters. The monoisotopic (exact) mass is 386 g/mol. The summed E-state index contributed by atoms with van der Waals surface area (Å²) in [5, 5.41) is 5.53. The number of nitrogens with one attached hydrogen (secondary N) is 1. The van der Waals surface area contributed by atoms with Crippen molar-refractivity contribution < 1.29 is 0 Å². The molecule has 0 bridgehead atoms. The predicted molar refractivity (Wildman–Crippen MR) is 92.4 cm³/mol. The van der Waals surface area contributed by atoms with Gasteiger partial charge in [0.2, 0.25) is 9.74 Å². The Bertz CT molecular complexity index is 818. The normalized spacial score (nSPS) is 11.5. The summed E-state index contributed by atoms with van der Waals surface area (Å²) in [6.07, 6.45) is 1.63. The molecule has 0 spiro atoms. The molecule has 0 aliphatic heterocycles. The SMILES string of the molecule is Cc1csc(Nc2nc(-c3ccccn3)nc(C(Cl)(Cl)Cl)n2)n1. The molecule has 0 aliphatic rings. The first-order chi connectivity index (χ1) is 10.9. The standard InChI is InChI=1S/C13H9Cl3N6S/c1-7-6-23-12(18-7)22-11-20-9(8-4-2-3-5-17-8)19-10(21-11)13(14,15)16/h2-6H,1H3,(H,18,19,20,21,22). The molecule has 0 radical (unpaired) electrons. The molecule has 0 saturated carbocycles. The fourth-order valence-corrected chi connectivity index (χ4v) is 2.61. The van der Waals surface area contributed by atoms with Crippen LogP contribution in [0.3, 0.4) is 0 Å². The van der Waals surface area contributed by atoms with Crippen LogP contribution in [-0.4, -0.2) is 24.9 Å². The summed E-state index contributed by atoms with van der Waals surface area (Å²) in [5.74, 6) is 0.544. The first kappa shape index (κ1) is 16.3. The quantitative estimate of drug-likeness (QED) is 0.676. The van der Waals surface area contributed by atoms with E-state index in [1.807, 2.05) is 18.4 Å². The third-order valence-electron chi connectivity index (χ3n) is 2.62. The van der Waals surface area contributed by atoms with Gasteiger partial charge in [-0.05, 0) is 19.1 Å². The van der Waals surface area contributed by atoms with E-state index in [2.05, 4.69) is 30.2 Å². The Morgan fingerprint density at radius 1 is 1.09 bits per heavy atom. The lowest BCUT2D eigenvalue weighted by atomic mass is 10.3. The Morgan fingerprint density at radius 3 is 2.52 bits per heavy atom. The number of hydrogen-bond acceptors (Lipinski definition) is 7. The van der Waals surface area contributed by atoms with Crippen molar-refractivity contribution in [1.82, 2.24) is 24.9 Å². The van der Waals surface area contributed by atoms with Crippen molar-refractivity contribution in [2.75, 3.05) is 5.32 Å². The third kappa shape index (κ3) is 4.06. The Kier molecular flexibility index (Phi) is 4.63. The predicted octanol–water partition coefficient (Wildman–Crippen LogP) is 4.27. The fourth-order valence-electron chi connectivity index (χ4n) is 1.68. The second-order valence-corrected chi connectivity index (χ2v) is 7.58. The molecule has 0 saturated heterocycles. The number of pyridine rings is 1. The first-order valence-electron chi connectivity index (χ1n) is 6.35. The highest BCUT2D eigenvalue weighted by Crippen LogP contribution is 2.37. The molecule has 118 valence electrons. The van der Waals surface area contributed by atoms with Crippen LogP contribution in [0.2, 0.25) is 0 Å². The van der Waals surface area contributed by atoms with Gasteiger partial charge in [0.15, 0.2) is 16.8 Å². The number of anilines is 2. The van der Waals surface area contributed by atoms with E-state index >= 15 is 0 Å². The molecule has 0 aromatic carbocycles. The lowest BCUT2D eigenvalue weighted by Gasteiger charge is -2.12. The number of thiazole rings is 1. The van der Waals surface area contributed by atoms with Gasteiger partial charge in [-0.15, -0.1) is 11.3 Å². The Labute approximate surface area is 150 Å². The van der Waals surface area contributed by atoms with E-state index in [9.17, 15) is 0 Å². The summed E-state index contributed by atoms with van der Waals surface area (Å²) in [4.78, 5) is 21.1. The molecule has 3 aromatic rings. The van der Waals surface area contributed by atoms with Crippen molar-refractivity contribution in [3.8, 4) is 11.5 Å². The average molecular weight is 388 g/mol. The first-order valence-corrected chi connectivity index (χ1v) is 8.37. The number of aryl methyl sites for hydroxylation is 1. The van der Waals surface area contributed by atoms with E-state index < -0.39 is 3.79 Å². The molecule has 0 unspecified atom stereocenters. The van der Waals surface area contributed by atoms with E-state index in [1.165, 1.54) is 11.3 Å². The van der Waals surface area contributed by atoms with Gasteiger partial charge < -0.3 is 0 Å². The molecular formula is C13H9Cl3N6S. The van der Waals surface area contributed by atoms with Crippen molar-refractivity contribution >= 4 is 57.2 Å². The van der Waals surface area contributed by atoms with Crippen LogP contribution >= 0.6 is 46.1 Å². The molecule has 0 amide bonds. The second kappa shape index (κ2) is 6.52. The zero-order chi connectivity index (χ0) is 16.4. The number of nitrogens with zero attached hydrogens (tertiary/aromatic N) is 5. The van der Waals surface area contributed by atoms with E-state index in [0.29, 0.717) is 16.6 Å². The molecular weight excluding hydrogens is 379 g/mol. The molecule has 23 heavy (non-hydrogen) atoms. The van der Waals surface area contributed by atoms with Gasteiger partial charge in [-0.1, -0.05) is 40.9 Å². The van der Waals surface area contributed by atoms with Crippen molar-refractivity contribution in [3.63, 3.8) is 0 Å². The van der Waals surface area contributed by atoms with Crippen LogP contribution in [-0.2, 0) is 3.79 Å². The lowest BCUT2D eigenvalue weighted by Crippen LogP contribution is -2.12. The second-order valence-electron chi connectivity index (χ2n) is 4.44. The zero-order valence-corrected chi connectivity index (χ0v) is 14.7. The Morgan fingerprint density at radius 2 is 1.91 bits per heavy atom. The smallest absolute Gasteiger partial charge is 0.250 e. The molecule has 0 fully saturated rings. The van der Waals surface area contributed by atoms with E-state index in [1.54, 1.807) is 18.3 Å². The average Bonchev–Trinajstić information content (AvgIpc) is 2.92. The van der Waals surface area contributed by atoms with Gasteiger partial charge >= 0.3 is 0 Å². The van der Waals surface area contributed by atoms with Crippen LogP contribution in [0, 0.1) is 6.92 Å². The lowest BCUT2D eigenvalue weighted by molar-refractivity contribution is 0.926. The van der Waals surface area contributed by atoms with E-state index in [0.717, 1.165) is 5.69 Å². The van der Waals surface area contributed by atoms with E-state index in [-0.39, 0.29) is 11.8 Å². The van der Waals surface area contributed by atoms with Crippen molar-refractivity contribution in [1.29, 1.82) is 0 Å². The maximum absolute atomic E-state index is 5.91. The minimum Gasteiger partial charge on any atom is -0.300 e. The van der Waals surface area contributed by atoms with Gasteiger partial charge in [-0.25, -0.2) is 9.97 Å². The molecule has 3 heterocycles. The maximum Gasteiger partial charge on any atom is 0.250 e. The summed E-state index contributed by atoms with van der Waals surface area (Å²) < 4.78 is -1.78. The van der Waals surface area contributed by atoms with Crippen LogP contribution in [0.1, 0.15) is 11.5 Å². The number of aromatic nitrogens is 5. The summed E-state index contributed by atoms with van der Waals surface area (Å²) in [7, 11) is 0. The highest BCUT2D eigenvalue weighted by Gasteiger charge is 2.28. The van der Waals surface area contributed by atoms with Crippen LogP contribution in [0.15, 0.2) is 29.8 Å². The van der Waals surface area contributed by atoms with Gasteiger partial charge in [0.05, 0.1) is 5.69 Å². The minimum atomic E-state index is -1.78. The molecule has 1 N–H and O–H groups in total. The third-order valence-corrected chi connectivity index (χ3v) is 4.00. The number of halogens is 3. The number of rotatable bonds is 3. The van der Waals surface area contributed by atoms with Crippen LogP contribution in [0.4, 0.5) is 11.1 Å². The maximum atomic E-state index is 5.91. The number of hydrogen-bond donors (Lipinski definition) is 1. The topological polar surface area (TPSA) is 76.5 Å². The molecule has 6 nitrogen and oxygen atoms in total. The van der Waals surface area contributed by atoms with Crippen LogP contribution < -0.4 is 5.32 Å². The van der Waals surface area contributed by atoms with Gasteiger partial charge in [0.1, 0.15) is 5.69 Å². The molecule has 3 aromatic heterocycles.